The molecule has 3 rings (SSSR count). The molecule has 1 unspecified atom stereocenters. The molecular weight excluding hydrogens is 356 g/mol. The maximum Gasteiger partial charge on any atom is 0.254 e. The number of nitrogens with zero attached hydrogens (tertiary/aromatic N) is 1. The number of ether oxygens (including phenoxy) is 1. The summed E-state index contributed by atoms with van der Waals surface area (Å²) in [4.78, 5) is 14.7. The number of hydrogen-bond donors (Lipinski definition) is 1. The lowest BCUT2D eigenvalue weighted by Gasteiger charge is -2.33. The zero-order valence-electron chi connectivity index (χ0n) is 13.0. The first-order chi connectivity index (χ1) is 11.0. The number of amides is 1. The topological polar surface area (TPSA) is 55.6 Å². The summed E-state index contributed by atoms with van der Waals surface area (Å²) >= 11 is 3.43. The van der Waals surface area contributed by atoms with Crippen LogP contribution in [0.4, 0.5) is 5.69 Å². The van der Waals surface area contributed by atoms with E-state index in [9.17, 15) is 4.79 Å². The number of carbonyl (C=O) groups excluding carboxylic acids is 1. The molecule has 0 radical (unpaired) electrons. The largest absolute Gasteiger partial charge is 0.399 e. The first kappa shape index (κ1) is 16.0. The van der Waals surface area contributed by atoms with E-state index < -0.39 is 0 Å². The SMILES string of the molecule is Cc1ccc(N)cc1C(=O)N1CCOC(c2ccc(Br)cc2)C1. The third kappa shape index (κ3) is 3.57. The van der Waals surface area contributed by atoms with Crippen molar-refractivity contribution in [2.45, 2.75) is 13.0 Å². The molecule has 4 nitrogen and oxygen atoms in total. The van der Waals surface area contributed by atoms with Gasteiger partial charge in [0.25, 0.3) is 5.91 Å². The molecule has 2 aromatic carbocycles. The van der Waals surface area contributed by atoms with Crippen molar-refractivity contribution < 1.29 is 9.53 Å². The van der Waals surface area contributed by atoms with Gasteiger partial charge in [-0.2, -0.15) is 0 Å². The molecule has 1 amide bonds. The lowest BCUT2D eigenvalue weighted by Crippen LogP contribution is -2.42. The van der Waals surface area contributed by atoms with Crippen LogP contribution in [-0.4, -0.2) is 30.5 Å². The van der Waals surface area contributed by atoms with Crippen molar-refractivity contribution in [3.8, 4) is 0 Å². The summed E-state index contributed by atoms with van der Waals surface area (Å²) in [5, 5.41) is 0. The molecular formula is C18H19BrN2O2. The summed E-state index contributed by atoms with van der Waals surface area (Å²) < 4.78 is 6.87. The Kier molecular flexibility index (Phi) is 4.68. The number of nitrogens with two attached hydrogens (primary N) is 1. The Bertz CT molecular complexity index is 715. The molecule has 0 aliphatic carbocycles. The molecule has 1 atom stereocenters. The van der Waals surface area contributed by atoms with Crippen molar-refractivity contribution in [2.24, 2.45) is 0 Å². The normalized spacial score (nSPS) is 18.0. The number of carbonyl (C=O) groups is 1. The van der Waals surface area contributed by atoms with Crippen LogP contribution in [0.5, 0.6) is 0 Å². The molecule has 0 spiro atoms. The highest BCUT2D eigenvalue weighted by Gasteiger charge is 2.26. The molecule has 0 aromatic heterocycles. The third-order valence-electron chi connectivity index (χ3n) is 4.09. The van der Waals surface area contributed by atoms with Crippen LogP contribution in [0.25, 0.3) is 0 Å². The molecule has 0 bridgehead atoms. The highest BCUT2D eigenvalue weighted by Crippen LogP contribution is 2.25. The predicted molar refractivity (Wildman–Crippen MR) is 94.3 cm³/mol. The molecule has 2 aromatic rings. The molecule has 120 valence electrons. The number of aryl methyl sites for hydroxylation is 1. The predicted octanol–water partition coefficient (Wildman–Crippen LogP) is 3.55. The Morgan fingerprint density at radius 1 is 1.26 bits per heavy atom. The van der Waals surface area contributed by atoms with E-state index in [-0.39, 0.29) is 12.0 Å². The summed E-state index contributed by atoms with van der Waals surface area (Å²) in [6, 6.07) is 13.5. The van der Waals surface area contributed by atoms with E-state index in [0.717, 1.165) is 15.6 Å². The van der Waals surface area contributed by atoms with E-state index in [1.54, 1.807) is 6.07 Å². The Morgan fingerprint density at radius 3 is 2.74 bits per heavy atom. The summed E-state index contributed by atoms with van der Waals surface area (Å²) in [7, 11) is 0. The Morgan fingerprint density at radius 2 is 2.00 bits per heavy atom. The highest BCUT2D eigenvalue weighted by molar-refractivity contribution is 9.10. The number of anilines is 1. The van der Waals surface area contributed by atoms with Crippen molar-refractivity contribution in [3.05, 3.63) is 63.6 Å². The lowest BCUT2D eigenvalue weighted by atomic mass is 10.0. The van der Waals surface area contributed by atoms with E-state index in [1.165, 1.54) is 0 Å². The number of hydrogen-bond acceptors (Lipinski definition) is 3. The second-order valence-electron chi connectivity index (χ2n) is 5.74. The zero-order valence-corrected chi connectivity index (χ0v) is 14.5. The van der Waals surface area contributed by atoms with Gasteiger partial charge < -0.3 is 15.4 Å². The number of benzene rings is 2. The van der Waals surface area contributed by atoms with Crippen molar-refractivity contribution in [3.63, 3.8) is 0 Å². The minimum atomic E-state index is -0.0952. The Labute approximate surface area is 144 Å². The average molecular weight is 375 g/mol. The number of rotatable bonds is 2. The van der Waals surface area contributed by atoms with Crippen LogP contribution >= 0.6 is 15.9 Å². The monoisotopic (exact) mass is 374 g/mol. The lowest BCUT2D eigenvalue weighted by molar-refractivity contribution is -0.0228. The van der Waals surface area contributed by atoms with E-state index >= 15 is 0 Å². The van der Waals surface area contributed by atoms with Crippen molar-refractivity contribution in [1.29, 1.82) is 0 Å². The van der Waals surface area contributed by atoms with Gasteiger partial charge in [-0.3, -0.25) is 4.79 Å². The molecule has 5 heteroatoms. The maximum atomic E-state index is 12.8. The van der Waals surface area contributed by atoms with Crippen molar-refractivity contribution in [1.82, 2.24) is 4.90 Å². The van der Waals surface area contributed by atoms with Crippen LogP contribution in [-0.2, 0) is 4.74 Å². The fraction of sp³-hybridized carbons (Fsp3) is 0.278. The second-order valence-corrected chi connectivity index (χ2v) is 6.65. The van der Waals surface area contributed by atoms with Crippen molar-refractivity contribution >= 4 is 27.5 Å². The van der Waals surface area contributed by atoms with E-state index in [2.05, 4.69) is 15.9 Å². The van der Waals surface area contributed by atoms with Crippen LogP contribution < -0.4 is 5.73 Å². The van der Waals surface area contributed by atoms with E-state index in [1.807, 2.05) is 48.2 Å². The fourth-order valence-electron chi connectivity index (χ4n) is 2.75. The van der Waals surface area contributed by atoms with E-state index in [4.69, 9.17) is 10.5 Å². The average Bonchev–Trinajstić information content (AvgIpc) is 2.57. The molecule has 1 aliphatic heterocycles. The molecule has 2 N–H and O–H groups in total. The minimum absolute atomic E-state index is 0.0141. The Hall–Kier alpha value is -1.85. The van der Waals surface area contributed by atoms with Crippen LogP contribution in [0.1, 0.15) is 27.6 Å². The van der Waals surface area contributed by atoms with Gasteiger partial charge in [-0.25, -0.2) is 0 Å². The van der Waals surface area contributed by atoms with Gasteiger partial charge in [0.15, 0.2) is 0 Å². The van der Waals surface area contributed by atoms with Gasteiger partial charge in [0.2, 0.25) is 0 Å². The third-order valence-corrected chi connectivity index (χ3v) is 4.62. The number of morpholine rings is 1. The highest BCUT2D eigenvalue weighted by atomic mass is 79.9. The Balaban J connectivity index is 1.79. The number of halogens is 1. The minimum Gasteiger partial charge on any atom is -0.399 e. The first-order valence-electron chi connectivity index (χ1n) is 7.57. The molecule has 1 aliphatic rings. The van der Waals surface area contributed by atoms with Gasteiger partial charge in [0.05, 0.1) is 13.2 Å². The van der Waals surface area contributed by atoms with E-state index in [0.29, 0.717) is 30.9 Å². The number of nitrogen functional groups attached to an aromatic ring is 1. The zero-order chi connectivity index (χ0) is 16.4. The second kappa shape index (κ2) is 6.72. The summed E-state index contributed by atoms with van der Waals surface area (Å²) in [5.41, 5.74) is 9.12. The molecule has 23 heavy (non-hydrogen) atoms. The summed E-state index contributed by atoms with van der Waals surface area (Å²) in [6.07, 6.45) is -0.0952. The molecule has 1 saturated heterocycles. The van der Waals surface area contributed by atoms with Crippen LogP contribution in [0.2, 0.25) is 0 Å². The van der Waals surface area contributed by atoms with Gasteiger partial charge in [-0.1, -0.05) is 34.1 Å². The molecule has 0 saturated carbocycles. The smallest absolute Gasteiger partial charge is 0.254 e. The standard InChI is InChI=1S/C18H19BrN2O2/c1-12-2-7-15(20)10-16(12)18(22)21-8-9-23-17(11-21)13-3-5-14(19)6-4-13/h2-7,10,17H,8-9,11,20H2,1H3. The van der Waals surface area contributed by atoms with Gasteiger partial charge in [0, 0.05) is 22.3 Å². The first-order valence-corrected chi connectivity index (χ1v) is 8.36. The fourth-order valence-corrected chi connectivity index (χ4v) is 3.02. The molecule has 1 fully saturated rings. The van der Waals surface area contributed by atoms with Crippen molar-refractivity contribution in [2.75, 3.05) is 25.4 Å². The van der Waals surface area contributed by atoms with Gasteiger partial charge in [-0.05, 0) is 42.3 Å². The van der Waals surface area contributed by atoms with Gasteiger partial charge in [0.1, 0.15) is 6.10 Å². The summed E-state index contributed by atoms with van der Waals surface area (Å²) in [5.74, 6) is 0.0141. The molecule has 1 heterocycles. The maximum absolute atomic E-state index is 12.8. The van der Waals surface area contributed by atoms with Gasteiger partial charge >= 0.3 is 0 Å². The summed E-state index contributed by atoms with van der Waals surface area (Å²) in [6.45, 7) is 3.61. The van der Waals surface area contributed by atoms with Crippen LogP contribution in [0.3, 0.4) is 0 Å². The van der Waals surface area contributed by atoms with Crippen LogP contribution in [0.15, 0.2) is 46.9 Å². The quantitative estimate of drug-likeness (QED) is 0.817. The van der Waals surface area contributed by atoms with Gasteiger partial charge in [-0.15, -0.1) is 0 Å². The van der Waals surface area contributed by atoms with Crippen LogP contribution in [0, 0.1) is 6.92 Å².